The molecule has 3 heterocycles. The smallest absolute Gasteiger partial charge is 0.248 e. The monoisotopic (exact) mass is 371 g/mol. The second-order valence-electron chi connectivity index (χ2n) is 6.80. The second-order valence-corrected chi connectivity index (χ2v) is 8.67. The molecule has 2 fully saturated rings. The molecule has 0 radical (unpaired) electrons. The highest BCUT2D eigenvalue weighted by Gasteiger charge is 2.37. The fourth-order valence-electron chi connectivity index (χ4n) is 3.59. The lowest BCUT2D eigenvalue weighted by Crippen LogP contribution is -2.49. The lowest BCUT2D eigenvalue weighted by molar-refractivity contribution is -0.143. The van der Waals surface area contributed by atoms with Crippen LogP contribution in [0.3, 0.4) is 0 Å². The average molecular weight is 371 g/mol. The minimum absolute atomic E-state index is 0.0534. The molecule has 0 aliphatic carbocycles. The van der Waals surface area contributed by atoms with Gasteiger partial charge in [0.2, 0.25) is 15.9 Å². The lowest BCUT2D eigenvalue weighted by Gasteiger charge is -2.36. The summed E-state index contributed by atoms with van der Waals surface area (Å²) in [5, 5.41) is 3.74. The predicted octanol–water partition coefficient (Wildman–Crippen LogP) is 0.939. The van der Waals surface area contributed by atoms with Gasteiger partial charge < -0.3 is 14.2 Å². The zero-order chi connectivity index (χ0) is 18.2. The average Bonchev–Trinajstić information content (AvgIpc) is 2.93. The first kappa shape index (κ1) is 18.3. The summed E-state index contributed by atoms with van der Waals surface area (Å²) in [5.41, 5.74) is 0.373. The van der Waals surface area contributed by atoms with Gasteiger partial charge in [0.25, 0.3) is 0 Å². The van der Waals surface area contributed by atoms with E-state index in [1.54, 1.807) is 13.8 Å². The Morgan fingerprint density at radius 2 is 1.88 bits per heavy atom. The highest BCUT2D eigenvalue weighted by molar-refractivity contribution is 7.89. The van der Waals surface area contributed by atoms with Crippen molar-refractivity contribution in [1.82, 2.24) is 14.4 Å². The zero-order valence-electron chi connectivity index (χ0n) is 14.9. The fourth-order valence-corrected chi connectivity index (χ4v) is 5.35. The van der Waals surface area contributed by atoms with Gasteiger partial charge in [-0.3, -0.25) is 4.79 Å². The van der Waals surface area contributed by atoms with Crippen LogP contribution in [0.1, 0.15) is 31.2 Å². The number of hydrogen-bond donors (Lipinski definition) is 0. The Bertz CT molecular complexity index is 717. The summed E-state index contributed by atoms with van der Waals surface area (Å²) < 4.78 is 37.6. The van der Waals surface area contributed by atoms with Crippen molar-refractivity contribution in [2.75, 3.05) is 32.8 Å². The van der Waals surface area contributed by atoms with E-state index < -0.39 is 10.0 Å². The van der Waals surface area contributed by atoms with Crippen LogP contribution in [0.5, 0.6) is 0 Å². The Morgan fingerprint density at radius 3 is 2.44 bits per heavy atom. The van der Waals surface area contributed by atoms with E-state index in [0.717, 1.165) is 0 Å². The largest absolute Gasteiger partial charge is 0.375 e. The molecule has 140 valence electrons. The molecule has 0 bridgehead atoms. The summed E-state index contributed by atoms with van der Waals surface area (Å²) in [6.45, 7) is 7.63. The van der Waals surface area contributed by atoms with E-state index in [1.807, 2.05) is 11.8 Å². The summed E-state index contributed by atoms with van der Waals surface area (Å²) in [6.07, 6.45) is 1.12. The van der Waals surface area contributed by atoms with Gasteiger partial charge in [-0.2, -0.15) is 4.31 Å². The molecule has 1 amide bonds. The molecule has 1 unspecified atom stereocenters. The summed E-state index contributed by atoms with van der Waals surface area (Å²) >= 11 is 0. The molecule has 9 heteroatoms. The number of carbonyl (C=O) groups excluding carboxylic acids is 1. The van der Waals surface area contributed by atoms with Crippen molar-refractivity contribution in [2.45, 2.75) is 44.6 Å². The third-order valence-corrected chi connectivity index (χ3v) is 7.07. The maximum Gasteiger partial charge on any atom is 0.248 e. The van der Waals surface area contributed by atoms with Gasteiger partial charge in [-0.25, -0.2) is 8.42 Å². The number of carbonyl (C=O) groups is 1. The number of nitrogens with zero attached hydrogens (tertiary/aromatic N) is 3. The highest BCUT2D eigenvalue weighted by Crippen LogP contribution is 2.28. The number of ether oxygens (including phenoxy) is 1. The third-order valence-electron chi connectivity index (χ3n) is 4.92. The van der Waals surface area contributed by atoms with Crippen molar-refractivity contribution in [2.24, 2.45) is 5.92 Å². The lowest BCUT2D eigenvalue weighted by atomic mass is 9.96. The first-order valence-electron chi connectivity index (χ1n) is 8.64. The Labute approximate surface area is 148 Å². The molecule has 0 aromatic carbocycles. The van der Waals surface area contributed by atoms with Crippen molar-refractivity contribution in [3.63, 3.8) is 0 Å². The Kier molecular flexibility index (Phi) is 5.17. The maximum absolute atomic E-state index is 12.8. The van der Waals surface area contributed by atoms with Gasteiger partial charge in [0.15, 0.2) is 5.76 Å². The number of rotatable bonds is 3. The first-order valence-corrected chi connectivity index (χ1v) is 10.1. The molecule has 2 saturated heterocycles. The number of piperidine rings is 1. The SMILES string of the molecule is Cc1noc(C)c1S(=O)(=O)N1CCC(C(=O)N2CCOC(C)C2)CC1. The van der Waals surface area contributed by atoms with Crippen molar-refractivity contribution in [3.8, 4) is 0 Å². The van der Waals surface area contributed by atoms with Crippen LogP contribution in [0.4, 0.5) is 0 Å². The van der Waals surface area contributed by atoms with Gasteiger partial charge in [-0.1, -0.05) is 5.16 Å². The standard InChI is InChI=1S/C16H25N3O5S/c1-11-10-18(8-9-23-11)16(20)14-4-6-19(7-5-14)25(21,22)15-12(2)17-24-13(15)3/h11,14H,4-10H2,1-3H3. The van der Waals surface area contributed by atoms with Crippen LogP contribution in [-0.2, 0) is 19.6 Å². The molecule has 0 N–H and O–H groups in total. The van der Waals surface area contributed by atoms with Crippen molar-refractivity contribution in [3.05, 3.63) is 11.5 Å². The van der Waals surface area contributed by atoms with E-state index in [2.05, 4.69) is 5.16 Å². The number of sulfonamides is 1. The van der Waals surface area contributed by atoms with E-state index in [4.69, 9.17) is 9.26 Å². The maximum atomic E-state index is 12.8. The first-order chi connectivity index (χ1) is 11.8. The molecule has 3 rings (SSSR count). The molecule has 1 aromatic rings. The normalized spacial score (nSPS) is 23.8. The van der Waals surface area contributed by atoms with Crippen molar-refractivity contribution in [1.29, 1.82) is 0 Å². The molecule has 2 aliphatic heterocycles. The van der Waals surface area contributed by atoms with Crippen LogP contribution in [0.25, 0.3) is 0 Å². The van der Waals surface area contributed by atoms with E-state index >= 15 is 0 Å². The summed E-state index contributed by atoms with van der Waals surface area (Å²) in [7, 11) is -3.63. The minimum atomic E-state index is -3.63. The molecule has 25 heavy (non-hydrogen) atoms. The van der Waals surface area contributed by atoms with Crippen LogP contribution >= 0.6 is 0 Å². The molecular formula is C16H25N3O5S. The predicted molar refractivity (Wildman–Crippen MR) is 89.5 cm³/mol. The minimum Gasteiger partial charge on any atom is -0.375 e. The molecule has 8 nitrogen and oxygen atoms in total. The number of aromatic nitrogens is 1. The van der Waals surface area contributed by atoms with Crippen LogP contribution in [-0.4, -0.2) is 67.6 Å². The van der Waals surface area contributed by atoms with Gasteiger partial charge >= 0.3 is 0 Å². The molecule has 0 saturated carbocycles. The van der Waals surface area contributed by atoms with Gasteiger partial charge in [0, 0.05) is 32.1 Å². The summed E-state index contributed by atoms with van der Waals surface area (Å²) in [6, 6.07) is 0. The van der Waals surface area contributed by atoms with Crippen LogP contribution in [0, 0.1) is 19.8 Å². The molecule has 2 aliphatic rings. The van der Waals surface area contributed by atoms with Crippen molar-refractivity contribution >= 4 is 15.9 Å². The van der Waals surface area contributed by atoms with E-state index in [0.29, 0.717) is 57.1 Å². The van der Waals surface area contributed by atoms with Gasteiger partial charge in [0.1, 0.15) is 10.6 Å². The van der Waals surface area contributed by atoms with Gasteiger partial charge in [-0.05, 0) is 33.6 Å². The third kappa shape index (κ3) is 3.58. The Balaban J connectivity index is 1.65. The van der Waals surface area contributed by atoms with E-state index in [-0.39, 0.29) is 22.8 Å². The molecule has 1 aromatic heterocycles. The van der Waals surface area contributed by atoms with Crippen LogP contribution < -0.4 is 0 Å². The number of morpholine rings is 1. The van der Waals surface area contributed by atoms with Crippen LogP contribution in [0.2, 0.25) is 0 Å². The van der Waals surface area contributed by atoms with E-state index in [9.17, 15) is 13.2 Å². The van der Waals surface area contributed by atoms with Crippen molar-refractivity contribution < 1.29 is 22.5 Å². The summed E-state index contributed by atoms with van der Waals surface area (Å²) in [5.74, 6) is 0.295. The number of hydrogen-bond acceptors (Lipinski definition) is 6. The molecule has 0 spiro atoms. The summed E-state index contributed by atoms with van der Waals surface area (Å²) in [4.78, 5) is 14.7. The Morgan fingerprint density at radius 1 is 1.20 bits per heavy atom. The van der Waals surface area contributed by atoms with Crippen LogP contribution in [0.15, 0.2) is 9.42 Å². The number of amides is 1. The zero-order valence-corrected chi connectivity index (χ0v) is 15.7. The molecular weight excluding hydrogens is 346 g/mol. The quantitative estimate of drug-likeness (QED) is 0.785. The highest BCUT2D eigenvalue weighted by atomic mass is 32.2. The topological polar surface area (TPSA) is 93.0 Å². The van der Waals surface area contributed by atoms with Gasteiger partial charge in [-0.15, -0.1) is 0 Å². The van der Waals surface area contributed by atoms with Gasteiger partial charge in [0.05, 0.1) is 12.7 Å². The number of aryl methyl sites for hydroxylation is 2. The van der Waals surface area contributed by atoms with E-state index in [1.165, 1.54) is 4.31 Å². The molecule has 1 atom stereocenters. The fraction of sp³-hybridized carbons (Fsp3) is 0.750. The Hall–Kier alpha value is -1.45. The second kappa shape index (κ2) is 7.05.